The molecule has 0 unspecified atom stereocenters. The maximum Gasteiger partial charge on any atom is 0.0703 e. The summed E-state index contributed by atoms with van der Waals surface area (Å²) in [5.74, 6) is 0. The second kappa shape index (κ2) is 11.8. The van der Waals surface area contributed by atoms with Crippen molar-refractivity contribution in [1.82, 2.24) is 4.98 Å². The Kier molecular flexibility index (Phi) is 7.15. The molecule has 0 aliphatic heterocycles. The van der Waals surface area contributed by atoms with Crippen LogP contribution in [0.25, 0.3) is 22.4 Å². The van der Waals surface area contributed by atoms with Crippen LogP contribution in [0.5, 0.6) is 0 Å². The Morgan fingerprint density at radius 2 is 0.830 bits per heavy atom. The molecule has 0 saturated heterocycles. The summed E-state index contributed by atoms with van der Waals surface area (Å²) in [5, 5.41) is 0. The lowest BCUT2D eigenvalue weighted by Gasteiger charge is -2.28. The number of para-hydroxylation sites is 4. The molecule has 226 valence electrons. The molecule has 1 aliphatic carbocycles. The first-order chi connectivity index (χ1) is 23.1. The lowest BCUT2D eigenvalue weighted by molar-refractivity contribution is 0.660. The normalized spacial score (nSPS) is 12.6. The Morgan fingerprint density at radius 3 is 1.30 bits per heavy atom. The maximum atomic E-state index is 5.00. The summed E-state index contributed by atoms with van der Waals surface area (Å²) in [5.41, 5.74) is 13.8. The van der Waals surface area contributed by atoms with Gasteiger partial charge in [0.25, 0.3) is 0 Å². The second-order valence-electron chi connectivity index (χ2n) is 12.5. The molecule has 3 heteroatoms. The van der Waals surface area contributed by atoms with Gasteiger partial charge in [0.1, 0.15) is 0 Å². The molecule has 0 fully saturated rings. The van der Waals surface area contributed by atoms with E-state index in [2.05, 4.69) is 181 Å². The van der Waals surface area contributed by atoms with Gasteiger partial charge in [0.2, 0.25) is 0 Å². The molecule has 0 spiro atoms. The summed E-state index contributed by atoms with van der Waals surface area (Å²) in [6.07, 6.45) is 1.98. The lowest BCUT2D eigenvalue weighted by Crippen LogP contribution is -2.16. The number of hydrogen-bond donors (Lipinski definition) is 0. The number of fused-ring (bicyclic) bond motifs is 3. The number of rotatable bonds is 7. The molecule has 0 saturated carbocycles. The summed E-state index contributed by atoms with van der Waals surface area (Å²) >= 11 is 0. The average Bonchev–Trinajstić information content (AvgIpc) is 3.36. The van der Waals surface area contributed by atoms with Gasteiger partial charge in [-0.05, 0) is 101 Å². The van der Waals surface area contributed by atoms with E-state index in [1.807, 2.05) is 18.3 Å². The molecule has 1 heterocycles. The highest BCUT2D eigenvalue weighted by Crippen LogP contribution is 2.51. The zero-order chi connectivity index (χ0) is 31.8. The third-order valence-electron chi connectivity index (χ3n) is 9.28. The molecular formula is C44H35N3. The average molecular weight is 606 g/mol. The molecule has 0 bridgehead atoms. The van der Waals surface area contributed by atoms with Gasteiger partial charge in [-0.3, -0.25) is 4.98 Å². The molecule has 1 aliphatic rings. The largest absolute Gasteiger partial charge is 0.310 e. The van der Waals surface area contributed by atoms with E-state index >= 15 is 0 Å². The molecule has 6 aromatic carbocycles. The molecular weight excluding hydrogens is 571 g/mol. The fourth-order valence-corrected chi connectivity index (χ4v) is 6.92. The molecule has 7 aromatic rings. The summed E-state index contributed by atoms with van der Waals surface area (Å²) in [6.45, 7) is 4.68. The van der Waals surface area contributed by atoms with Crippen LogP contribution in [-0.2, 0) is 5.41 Å². The van der Waals surface area contributed by atoms with E-state index in [0.29, 0.717) is 0 Å². The highest BCUT2D eigenvalue weighted by Gasteiger charge is 2.36. The Bertz CT molecular complexity index is 2060. The van der Waals surface area contributed by atoms with Crippen LogP contribution >= 0.6 is 0 Å². The van der Waals surface area contributed by atoms with E-state index in [1.54, 1.807) is 0 Å². The molecule has 0 amide bonds. The Hall–Kier alpha value is -5.93. The quantitative estimate of drug-likeness (QED) is 0.180. The first-order valence-corrected chi connectivity index (χ1v) is 16.1. The van der Waals surface area contributed by atoms with E-state index in [-0.39, 0.29) is 5.41 Å². The first-order valence-electron chi connectivity index (χ1n) is 16.1. The van der Waals surface area contributed by atoms with E-state index in [9.17, 15) is 0 Å². The van der Waals surface area contributed by atoms with Crippen molar-refractivity contribution in [3.8, 4) is 22.4 Å². The van der Waals surface area contributed by atoms with Crippen LogP contribution in [0.1, 0.15) is 25.0 Å². The van der Waals surface area contributed by atoms with E-state index in [1.165, 1.54) is 22.3 Å². The van der Waals surface area contributed by atoms with Crippen LogP contribution < -0.4 is 9.80 Å². The van der Waals surface area contributed by atoms with Crippen LogP contribution in [0.2, 0.25) is 0 Å². The number of aromatic nitrogens is 1. The zero-order valence-corrected chi connectivity index (χ0v) is 26.6. The third kappa shape index (κ3) is 5.16. The minimum Gasteiger partial charge on any atom is -0.310 e. The van der Waals surface area contributed by atoms with Crippen LogP contribution in [0, 0.1) is 0 Å². The maximum absolute atomic E-state index is 5.00. The smallest absolute Gasteiger partial charge is 0.0703 e. The van der Waals surface area contributed by atoms with Gasteiger partial charge < -0.3 is 9.80 Å². The van der Waals surface area contributed by atoms with Gasteiger partial charge in [0.05, 0.1) is 17.6 Å². The predicted octanol–water partition coefficient (Wildman–Crippen LogP) is 12.0. The van der Waals surface area contributed by atoms with E-state index < -0.39 is 0 Å². The number of benzene rings is 6. The van der Waals surface area contributed by atoms with Gasteiger partial charge in [-0.25, -0.2) is 0 Å². The predicted molar refractivity (Wildman–Crippen MR) is 197 cm³/mol. The topological polar surface area (TPSA) is 19.4 Å². The summed E-state index contributed by atoms with van der Waals surface area (Å²) in [4.78, 5) is 9.58. The number of nitrogens with zero attached hydrogens (tertiary/aromatic N) is 3. The zero-order valence-electron chi connectivity index (χ0n) is 26.6. The minimum atomic E-state index is -0.174. The van der Waals surface area contributed by atoms with Crippen LogP contribution in [-0.4, -0.2) is 4.98 Å². The molecule has 0 radical (unpaired) electrons. The minimum absolute atomic E-state index is 0.174. The van der Waals surface area contributed by atoms with Crippen molar-refractivity contribution >= 4 is 34.1 Å². The Morgan fingerprint density at radius 1 is 0.404 bits per heavy atom. The summed E-state index contributed by atoms with van der Waals surface area (Å²) in [7, 11) is 0. The van der Waals surface area contributed by atoms with Crippen molar-refractivity contribution < 1.29 is 0 Å². The number of anilines is 6. The summed E-state index contributed by atoms with van der Waals surface area (Å²) in [6, 6.07) is 60.2. The highest BCUT2D eigenvalue weighted by molar-refractivity contribution is 5.87. The fourth-order valence-electron chi connectivity index (χ4n) is 6.92. The van der Waals surface area contributed by atoms with Crippen molar-refractivity contribution in [2.24, 2.45) is 0 Å². The standard InChI is InChI=1S/C44H35N3/c1-44(2)41-29-32(43-28-25-38(31-45-43)47(35-19-11-5-12-20-35)36-21-13-6-14-22-36)23-26-39(41)40-27-24-37(30-42(40)44)46(33-15-7-3-8-16-33)34-17-9-4-10-18-34/h3-31H,1-2H3. The van der Waals surface area contributed by atoms with E-state index in [4.69, 9.17) is 4.98 Å². The second-order valence-corrected chi connectivity index (χ2v) is 12.5. The molecule has 0 atom stereocenters. The molecule has 8 rings (SSSR count). The van der Waals surface area contributed by atoms with Gasteiger partial charge >= 0.3 is 0 Å². The Labute approximate surface area is 277 Å². The van der Waals surface area contributed by atoms with Crippen molar-refractivity contribution in [2.45, 2.75) is 19.3 Å². The van der Waals surface area contributed by atoms with Crippen LogP contribution in [0.4, 0.5) is 34.1 Å². The summed E-state index contributed by atoms with van der Waals surface area (Å²) < 4.78 is 0. The SMILES string of the molecule is CC1(C)c2cc(-c3ccc(N(c4ccccc4)c4ccccc4)cn3)ccc2-c2ccc(N(c3ccccc3)c3ccccc3)cc21. The van der Waals surface area contributed by atoms with Crippen LogP contribution in [0.3, 0.4) is 0 Å². The first kappa shape index (κ1) is 28.5. The van der Waals surface area contributed by atoms with Crippen molar-refractivity contribution in [2.75, 3.05) is 9.80 Å². The monoisotopic (exact) mass is 605 g/mol. The number of hydrogen-bond acceptors (Lipinski definition) is 3. The van der Waals surface area contributed by atoms with Gasteiger partial charge in [0, 0.05) is 39.4 Å². The highest BCUT2D eigenvalue weighted by atomic mass is 15.1. The molecule has 47 heavy (non-hydrogen) atoms. The number of pyridine rings is 1. The van der Waals surface area contributed by atoms with Gasteiger partial charge in [-0.2, -0.15) is 0 Å². The molecule has 0 N–H and O–H groups in total. The fraction of sp³-hybridized carbons (Fsp3) is 0.0682. The lowest BCUT2D eigenvalue weighted by atomic mass is 9.81. The van der Waals surface area contributed by atoms with E-state index in [0.717, 1.165) is 45.4 Å². The van der Waals surface area contributed by atoms with Crippen molar-refractivity contribution in [1.29, 1.82) is 0 Å². The van der Waals surface area contributed by atoms with Crippen molar-refractivity contribution in [3.05, 3.63) is 187 Å². The van der Waals surface area contributed by atoms with Gasteiger partial charge in [-0.1, -0.05) is 105 Å². The van der Waals surface area contributed by atoms with Crippen molar-refractivity contribution in [3.63, 3.8) is 0 Å². The van der Waals surface area contributed by atoms with Crippen LogP contribution in [0.15, 0.2) is 176 Å². The van der Waals surface area contributed by atoms with Gasteiger partial charge in [0.15, 0.2) is 0 Å². The molecule has 3 nitrogen and oxygen atoms in total. The third-order valence-corrected chi connectivity index (χ3v) is 9.28. The Balaban J connectivity index is 1.14. The van der Waals surface area contributed by atoms with Gasteiger partial charge in [-0.15, -0.1) is 0 Å². The molecule has 1 aromatic heterocycles.